The van der Waals surface area contributed by atoms with Gasteiger partial charge in [-0.1, -0.05) is 0 Å². The quantitative estimate of drug-likeness (QED) is 0.499. The van der Waals surface area contributed by atoms with Crippen LogP contribution in [0.4, 0.5) is 24.8 Å². The van der Waals surface area contributed by atoms with E-state index in [0.717, 1.165) is 42.6 Å². The molecular formula is C19H17F3N8OS. The van der Waals surface area contributed by atoms with Gasteiger partial charge >= 0.3 is 6.18 Å². The monoisotopic (exact) mass is 462 g/mol. The summed E-state index contributed by atoms with van der Waals surface area (Å²) in [4.78, 5) is 23.2. The number of alkyl halides is 3. The Morgan fingerprint density at radius 3 is 2.72 bits per heavy atom. The molecule has 4 aromatic heterocycles. The highest BCUT2D eigenvalue weighted by molar-refractivity contribution is 7.13. The van der Waals surface area contributed by atoms with Gasteiger partial charge in [0.2, 0.25) is 5.95 Å². The summed E-state index contributed by atoms with van der Waals surface area (Å²) in [5.74, 6) is 0.122. The molecule has 0 aliphatic carbocycles. The van der Waals surface area contributed by atoms with Crippen molar-refractivity contribution in [1.29, 1.82) is 0 Å². The van der Waals surface area contributed by atoms with Crippen LogP contribution in [0.2, 0.25) is 0 Å². The fourth-order valence-corrected chi connectivity index (χ4v) is 4.42. The molecule has 1 saturated heterocycles. The van der Waals surface area contributed by atoms with E-state index in [0.29, 0.717) is 17.3 Å². The number of anilines is 2. The van der Waals surface area contributed by atoms with E-state index in [1.165, 1.54) is 10.9 Å². The van der Waals surface area contributed by atoms with E-state index in [2.05, 4.69) is 30.4 Å². The first-order valence-corrected chi connectivity index (χ1v) is 10.7. The first kappa shape index (κ1) is 20.4. The van der Waals surface area contributed by atoms with Crippen LogP contribution in [0.1, 0.15) is 29.0 Å². The Bertz CT molecular complexity index is 1300. The van der Waals surface area contributed by atoms with Crippen LogP contribution in [0.25, 0.3) is 16.2 Å². The number of hydrogen-bond donors (Lipinski definition) is 1. The second-order valence-electron chi connectivity index (χ2n) is 7.34. The predicted molar refractivity (Wildman–Crippen MR) is 112 cm³/mol. The molecule has 1 amide bonds. The van der Waals surface area contributed by atoms with Crippen molar-refractivity contribution in [2.45, 2.75) is 19.0 Å². The number of aryl methyl sites for hydroxylation is 1. The highest BCUT2D eigenvalue weighted by atomic mass is 32.1. The molecule has 0 unspecified atom stereocenters. The molecule has 0 radical (unpaired) electrons. The van der Waals surface area contributed by atoms with Crippen molar-refractivity contribution in [2.75, 3.05) is 23.3 Å². The summed E-state index contributed by atoms with van der Waals surface area (Å²) in [5.41, 5.74) is 0.381. The van der Waals surface area contributed by atoms with Crippen molar-refractivity contribution < 1.29 is 18.0 Å². The van der Waals surface area contributed by atoms with Crippen LogP contribution in [-0.4, -0.2) is 48.4 Å². The SMILES string of the molecule is Cn1ncc(-c2nc(C(F)(F)F)cs2)c1C(=O)Nc1ccn2nc(N3CCCC3)nc2c1. The number of nitrogens with one attached hydrogen (secondary N) is 1. The van der Waals surface area contributed by atoms with Crippen molar-refractivity contribution in [2.24, 2.45) is 7.05 Å². The zero-order valence-electron chi connectivity index (χ0n) is 16.8. The topological polar surface area (TPSA) is 93.2 Å². The van der Waals surface area contributed by atoms with Gasteiger partial charge in [-0.2, -0.15) is 23.3 Å². The fourth-order valence-electron chi connectivity index (χ4n) is 3.58. The van der Waals surface area contributed by atoms with Gasteiger partial charge in [0.15, 0.2) is 11.3 Å². The molecule has 1 aliphatic rings. The van der Waals surface area contributed by atoms with E-state index >= 15 is 0 Å². The number of halogens is 3. The number of hydrogen-bond acceptors (Lipinski definition) is 7. The van der Waals surface area contributed by atoms with Gasteiger partial charge in [0.25, 0.3) is 5.91 Å². The van der Waals surface area contributed by atoms with Crippen molar-refractivity contribution in [1.82, 2.24) is 29.4 Å². The molecule has 1 N–H and O–H groups in total. The number of fused-ring (bicyclic) bond motifs is 1. The molecule has 5 heterocycles. The number of aromatic nitrogens is 6. The molecule has 166 valence electrons. The van der Waals surface area contributed by atoms with Crippen molar-refractivity contribution in [3.05, 3.63) is 41.3 Å². The lowest BCUT2D eigenvalue weighted by molar-refractivity contribution is -0.140. The first-order chi connectivity index (χ1) is 15.3. The smallest absolute Gasteiger partial charge is 0.340 e. The average molecular weight is 462 g/mol. The Morgan fingerprint density at radius 2 is 2.00 bits per heavy atom. The van der Waals surface area contributed by atoms with Gasteiger partial charge < -0.3 is 10.2 Å². The molecule has 5 rings (SSSR count). The largest absolute Gasteiger partial charge is 0.434 e. The van der Waals surface area contributed by atoms with Crippen molar-refractivity contribution in [3.8, 4) is 10.6 Å². The van der Waals surface area contributed by atoms with Crippen molar-refractivity contribution >= 4 is 34.5 Å². The maximum atomic E-state index is 13.0. The fraction of sp³-hybridized carbons (Fsp3) is 0.316. The van der Waals surface area contributed by atoms with Crippen LogP contribution >= 0.6 is 11.3 Å². The first-order valence-electron chi connectivity index (χ1n) is 9.77. The summed E-state index contributed by atoms with van der Waals surface area (Å²) in [6, 6.07) is 3.36. The standard InChI is InChI=1S/C19H17F3N8OS/c1-28-15(12(9-23-28)17-25-13(10-32-17)19(20,21)22)16(31)24-11-4-7-30-14(8-11)26-18(27-30)29-5-2-3-6-29/h4,7-10H,2-3,5-6H2,1H3,(H,24,31). The van der Waals surface area contributed by atoms with Crippen molar-refractivity contribution in [3.63, 3.8) is 0 Å². The molecule has 0 aromatic carbocycles. The minimum atomic E-state index is -4.55. The molecule has 1 aliphatic heterocycles. The third-order valence-electron chi connectivity index (χ3n) is 5.15. The number of rotatable bonds is 4. The second-order valence-corrected chi connectivity index (χ2v) is 8.20. The second kappa shape index (κ2) is 7.58. The minimum Gasteiger partial charge on any atom is -0.340 e. The van der Waals surface area contributed by atoms with Crippen LogP contribution < -0.4 is 10.2 Å². The van der Waals surface area contributed by atoms with Gasteiger partial charge in [-0.15, -0.1) is 16.4 Å². The molecule has 13 heteroatoms. The highest BCUT2D eigenvalue weighted by Gasteiger charge is 2.34. The Hall–Kier alpha value is -3.48. The normalized spacial score (nSPS) is 14.4. The van der Waals surface area contributed by atoms with E-state index in [9.17, 15) is 18.0 Å². The van der Waals surface area contributed by atoms with Gasteiger partial charge in [0, 0.05) is 43.5 Å². The van der Waals surface area contributed by atoms with Crippen LogP contribution in [0.5, 0.6) is 0 Å². The van der Waals surface area contributed by atoms with Crippen LogP contribution in [0.15, 0.2) is 29.9 Å². The number of thiazole rings is 1. The van der Waals surface area contributed by atoms with Gasteiger partial charge in [-0.3, -0.25) is 9.48 Å². The molecule has 0 spiro atoms. The van der Waals surface area contributed by atoms with Gasteiger partial charge in [0.1, 0.15) is 10.7 Å². The lowest BCUT2D eigenvalue weighted by atomic mass is 10.2. The van der Waals surface area contributed by atoms with E-state index in [1.54, 1.807) is 29.9 Å². The Labute approximate surface area is 183 Å². The molecule has 0 bridgehead atoms. The predicted octanol–water partition coefficient (Wildman–Crippen LogP) is 3.46. The Kier molecular flexibility index (Phi) is 4.84. The molecular weight excluding hydrogens is 445 g/mol. The van der Waals surface area contributed by atoms with Gasteiger partial charge in [-0.05, 0) is 18.9 Å². The summed E-state index contributed by atoms with van der Waals surface area (Å²) < 4.78 is 41.7. The minimum absolute atomic E-state index is 0.0683. The van der Waals surface area contributed by atoms with Crippen LogP contribution in [-0.2, 0) is 13.2 Å². The highest BCUT2D eigenvalue weighted by Crippen LogP contribution is 2.34. The van der Waals surface area contributed by atoms with E-state index in [-0.39, 0.29) is 16.3 Å². The molecule has 4 aromatic rings. The third kappa shape index (κ3) is 3.68. The lowest BCUT2D eigenvalue weighted by Crippen LogP contribution is -2.19. The number of amides is 1. The third-order valence-corrected chi connectivity index (χ3v) is 6.03. The molecule has 1 fully saturated rings. The molecule has 0 atom stereocenters. The van der Waals surface area contributed by atoms with Gasteiger partial charge in [0.05, 0.1) is 11.8 Å². The Morgan fingerprint density at radius 1 is 1.22 bits per heavy atom. The maximum Gasteiger partial charge on any atom is 0.434 e. The summed E-state index contributed by atoms with van der Waals surface area (Å²) in [6.07, 6.45) is 0.678. The van der Waals surface area contributed by atoms with Gasteiger partial charge in [-0.25, -0.2) is 9.50 Å². The van der Waals surface area contributed by atoms with E-state index in [1.807, 2.05) is 0 Å². The maximum absolute atomic E-state index is 13.0. The summed E-state index contributed by atoms with van der Waals surface area (Å²) in [5, 5.41) is 12.2. The number of carbonyl (C=O) groups excluding carboxylic acids is 1. The zero-order valence-corrected chi connectivity index (χ0v) is 17.6. The molecule has 9 nitrogen and oxygen atoms in total. The summed E-state index contributed by atoms with van der Waals surface area (Å²) in [6.45, 7) is 1.83. The summed E-state index contributed by atoms with van der Waals surface area (Å²) in [7, 11) is 1.54. The number of pyridine rings is 1. The number of carbonyl (C=O) groups is 1. The molecule has 0 saturated carbocycles. The molecule has 32 heavy (non-hydrogen) atoms. The average Bonchev–Trinajstić information content (AvgIpc) is 3.51. The van der Waals surface area contributed by atoms with E-state index in [4.69, 9.17) is 0 Å². The van der Waals surface area contributed by atoms with Crippen LogP contribution in [0, 0.1) is 0 Å². The zero-order chi connectivity index (χ0) is 22.5. The van der Waals surface area contributed by atoms with Crippen LogP contribution in [0.3, 0.4) is 0 Å². The number of nitrogens with zero attached hydrogens (tertiary/aromatic N) is 7. The summed E-state index contributed by atoms with van der Waals surface area (Å²) >= 11 is 0.807. The lowest BCUT2D eigenvalue weighted by Gasteiger charge is -2.10. The van der Waals surface area contributed by atoms with E-state index < -0.39 is 17.8 Å². The Balaban J connectivity index is 1.41.